The Morgan fingerprint density at radius 1 is 1.12 bits per heavy atom. The zero-order chi connectivity index (χ0) is 17.4. The van der Waals surface area contributed by atoms with Gasteiger partial charge in [0.15, 0.2) is 11.3 Å². The molecule has 0 aliphatic carbocycles. The molecule has 5 nitrogen and oxygen atoms in total. The summed E-state index contributed by atoms with van der Waals surface area (Å²) in [7, 11) is 1.31. The van der Waals surface area contributed by atoms with E-state index in [1.165, 1.54) is 7.11 Å². The largest absolute Gasteiger partial charge is 0.464 e. The second-order valence-corrected chi connectivity index (χ2v) is 6.27. The number of esters is 1. The molecule has 0 atom stereocenters. The van der Waals surface area contributed by atoms with Crippen molar-refractivity contribution in [2.75, 3.05) is 7.11 Å². The van der Waals surface area contributed by atoms with Crippen molar-refractivity contribution < 1.29 is 9.53 Å². The van der Waals surface area contributed by atoms with Crippen molar-refractivity contribution >= 4 is 51.9 Å². The number of ether oxygens (including phenoxy) is 1. The van der Waals surface area contributed by atoms with Gasteiger partial charge < -0.3 is 9.30 Å². The molecule has 0 saturated carbocycles. The first-order chi connectivity index (χ1) is 11.4. The molecule has 0 amide bonds. The van der Waals surface area contributed by atoms with E-state index in [2.05, 4.69) is 14.7 Å². The van der Waals surface area contributed by atoms with Gasteiger partial charge in [-0.15, -0.1) is 0 Å². The smallest absolute Gasteiger partial charge is 0.356 e. The molecule has 0 unspecified atom stereocenters. The van der Waals surface area contributed by atoms with E-state index < -0.39 is 5.97 Å². The van der Waals surface area contributed by atoms with Gasteiger partial charge in [-0.1, -0.05) is 40.9 Å². The topological polar surface area (TPSA) is 57.0 Å². The summed E-state index contributed by atoms with van der Waals surface area (Å²) >= 11 is 18.3. The van der Waals surface area contributed by atoms with Gasteiger partial charge in [-0.05, 0) is 30.7 Å². The number of carbonyl (C=O) groups is 1. The second kappa shape index (κ2) is 6.59. The van der Waals surface area contributed by atoms with Gasteiger partial charge in [0.1, 0.15) is 5.82 Å². The molecule has 124 valence electrons. The quantitative estimate of drug-likeness (QED) is 0.491. The standard InChI is InChI=1S/C16H12Cl3N3O2/c1-8-20-15-12(6-5-11(21-15)16(23)24-2)22(8)7-9-3-4-10(17)14(19)13(9)18/h3-6H,7H2,1-2H3. The number of pyridine rings is 1. The fourth-order valence-electron chi connectivity index (χ4n) is 2.40. The van der Waals surface area contributed by atoms with Gasteiger partial charge in [0.2, 0.25) is 0 Å². The van der Waals surface area contributed by atoms with Crippen molar-refractivity contribution in [1.29, 1.82) is 0 Å². The Morgan fingerprint density at radius 3 is 2.58 bits per heavy atom. The summed E-state index contributed by atoms with van der Waals surface area (Å²) in [5, 5.41) is 1.13. The van der Waals surface area contributed by atoms with Crippen molar-refractivity contribution in [3.63, 3.8) is 0 Å². The van der Waals surface area contributed by atoms with Gasteiger partial charge in [-0.3, -0.25) is 0 Å². The van der Waals surface area contributed by atoms with Gasteiger partial charge >= 0.3 is 5.97 Å². The Labute approximate surface area is 153 Å². The van der Waals surface area contributed by atoms with Crippen LogP contribution in [-0.4, -0.2) is 27.6 Å². The molecule has 0 fully saturated rings. The van der Waals surface area contributed by atoms with E-state index in [-0.39, 0.29) is 5.69 Å². The molecule has 2 heterocycles. The predicted octanol–water partition coefficient (Wildman–Crippen LogP) is 4.53. The minimum atomic E-state index is -0.503. The zero-order valence-corrected chi connectivity index (χ0v) is 15.1. The third kappa shape index (κ3) is 2.95. The fourth-order valence-corrected chi connectivity index (χ4v) is 3.01. The highest BCUT2D eigenvalue weighted by Gasteiger charge is 2.15. The van der Waals surface area contributed by atoms with E-state index in [1.54, 1.807) is 18.2 Å². The number of methoxy groups -OCH3 is 1. The van der Waals surface area contributed by atoms with Crippen LogP contribution in [0.5, 0.6) is 0 Å². The number of rotatable bonds is 3. The van der Waals surface area contributed by atoms with Crippen LogP contribution in [0.1, 0.15) is 21.9 Å². The van der Waals surface area contributed by atoms with Crippen molar-refractivity contribution in [2.45, 2.75) is 13.5 Å². The van der Waals surface area contributed by atoms with Crippen LogP contribution >= 0.6 is 34.8 Å². The van der Waals surface area contributed by atoms with Crippen LogP contribution in [-0.2, 0) is 11.3 Å². The summed E-state index contributed by atoms with van der Waals surface area (Å²) in [6, 6.07) is 6.90. The molecule has 1 aromatic carbocycles. The first kappa shape index (κ1) is 17.0. The second-order valence-electron chi connectivity index (χ2n) is 5.11. The maximum Gasteiger partial charge on any atom is 0.356 e. The van der Waals surface area contributed by atoms with E-state index in [0.717, 1.165) is 16.9 Å². The average Bonchev–Trinajstić information content (AvgIpc) is 2.89. The summed E-state index contributed by atoms with van der Waals surface area (Å²) in [6.07, 6.45) is 0. The number of hydrogen-bond acceptors (Lipinski definition) is 4. The minimum absolute atomic E-state index is 0.210. The molecule has 0 aliphatic rings. The molecular formula is C16H12Cl3N3O2. The van der Waals surface area contributed by atoms with Crippen LogP contribution in [0, 0.1) is 6.92 Å². The summed E-state index contributed by atoms with van der Waals surface area (Å²) in [6.45, 7) is 2.31. The van der Waals surface area contributed by atoms with Crippen molar-refractivity contribution in [1.82, 2.24) is 14.5 Å². The molecule has 24 heavy (non-hydrogen) atoms. The normalized spacial score (nSPS) is 11.0. The Balaban J connectivity index is 2.06. The monoisotopic (exact) mass is 383 g/mol. The van der Waals surface area contributed by atoms with Gasteiger partial charge in [0, 0.05) is 0 Å². The summed E-state index contributed by atoms with van der Waals surface area (Å²) in [4.78, 5) is 20.2. The van der Waals surface area contributed by atoms with E-state index in [9.17, 15) is 4.79 Å². The van der Waals surface area contributed by atoms with Gasteiger partial charge in [-0.2, -0.15) is 0 Å². The van der Waals surface area contributed by atoms with Crippen LogP contribution in [0.2, 0.25) is 15.1 Å². The predicted molar refractivity (Wildman–Crippen MR) is 94.2 cm³/mol. The lowest BCUT2D eigenvalue weighted by Gasteiger charge is -2.10. The number of nitrogens with zero attached hydrogens (tertiary/aromatic N) is 3. The molecule has 0 bridgehead atoms. The highest BCUT2D eigenvalue weighted by molar-refractivity contribution is 6.48. The fraction of sp³-hybridized carbons (Fsp3) is 0.188. The van der Waals surface area contributed by atoms with Crippen LogP contribution in [0.3, 0.4) is 0 Å². The number of aryl methyl sites for hydroxylation is 1. The summed E-state index contributed by atoms with van der Waals surface area (Å²) < 4.78 is 6.62. The molecule has 3 rings (SSSR count). The number of halogens is 3. The number of benzene rings is 1. The summed E-state index contributed by atoms with van der Waals surface area (Å²) in [5.41, 5.74) is 2.27. The molecule has 0 aliphatic heterocycles. The lowest BCUT2D eigenvalue weighted by Crippen LogP contribution is -2.05. The van der Waals surface area contributed by atoms with Crippen LogP contribution in [0.15, 0.2) is 24.3 Å². The van der Waals surface area contributed by atoms with Crippen LogP contribution in [0.25, 0.3) is 11.2 Å². The zero-order valence-electron chi connectivity index (χ0n) is 12.8. The number of carbonyl (C=O) groups excluding carboxylic acids is 1. The molecule has 0 saturated heterocycles. The Hall–Kier alpha value is -1.82. The van der Waals surface area contributed by atoms with Crippen LogP contribution in [0.4, 0.5) is 0 Å². The maximum atomic E-state index is 11.6. The molecule has 3 aromatic rings. The van der Waals surface area contributed by atoms with E-state index in [0.29, 0.717) is 27.3 Å². The highest BCUT2D eigenvalue weighted by atomic mass is 35.5. The lowest BCUT2D eigenvalue weighted by molar-refractivity contribution is 0.0594. The van der Waals surface area contributed by atoms with Gasteiger partial charge in [0.05, 0.1) is 34.2 Å². The van der Waals surface area contributed by atoms with Crippen molar-refractivity contribution in [3.8, 4) is 0 Å². The molecular weight excluding hydrogens is 373 g/mol. The number of imidazole rings is 1. The third-order valence-electron chi connectivity index (χ3n) is 3.64. The maximum absolute atomic E-state index is 11.6. The van der Waals surface area contributed by atoms with Crippen molar-refractivity contribution in [2.24, 2.45) is 0 Å². The first-order valence-electron chi connectivity index (χ1n) is 6.97. The molecule has 0 radical (unpaired) electrons. The number of hydrogen-bond donors (Lipinski definition) is 0. The number of aromatic nitrogens is 3. The van der Waals surface area contributed by atoms with E-state index in [1.807, 2.05) is 17.6 Å². The first-order valence-corrected chi connectivity index (χ1v) is 8.10. The SMILES string of the molecule is COC(=O)c1ccc2c(n1)nc(C)n2Cc1ccc(Cl)c(Cl)c1Cl. The average molecular weight is 385 g/mol. The van der Waals surface area contributed by atoms with Crippen LogP contribution < -0.4 is 0 Å². The van der Waals surface area contributed by atoms with Gasteiger partial charge in [0.25, 0.3) is 0 Å². The Morgan fingerprint density at radius 2 is 1.88 bits per heavy atom. The minimum Gasteiger partial charge on any atom is -0.464 e. The molecule has 8 heteroatoms. The molecule has 0 spiro atoms. The highest BCUT2D eigenvalue weighted by Crippen LogP contribution is 2.33. The third-order valence-corrected chi connectivity index (χ3v) is 4.97. The van der Waals surface area contributed by atoms with E-state index >= 15 is 0 Å². The number of fused-ring (bicyclic) bond motifs is 1. The Kier molecular flexibility index (Phi) is 4.67. The Bertz CT molecular complexity index is 953. The van der Waals surface area contributed by atoms with Crippen molar-refractivity contribution in [3.05, 3.63) is 56.4 Å². The molecule has 2 aromatic heterocycles. The lowest BCUT2D eigenvalue weighted by atomic mass is 10.2. The van der Waals surface area contributed by atoms with E-state index in [4.69, 9.17) is 34.8 Å². The molecule has 0 N–H and O–H groups in total. The van der Waals surface area contributed by atoms with Gasteiger partial charge in [-0.25, -0.2) is 14.8 Å². The summed E-state index contributed by atoms with van der Waals surface area (Å²) in [5.74, 6) is 0.235.